The second kappa shape index (κ2) is 5.94. The van der Waals surface area contributed by atoms with Crippen molar-refractivity contribution in [2.45, 2.75) is 19.9 Å². The normalized spacial score (nSPS) is 11.9. The van der Waals surface area contributed by atoms with E-state index < -0.39 is 0 Å². The first-order valence-electron chi connectivity index (χ1n) is 6.00. The van der Waals surface area contributed by atoms with E-state index in [1.807, 2.05) is 26.0 Å². The second-order valence-corrected chi connectivity index (χ2v) is 3.89. The fraction of sp³-hybridized carbons (Fsp3) is 0.333. The van der Waals surface area contributed by atoms with Crippen molar-refractivity contribution < 1.29 is 4.74 Å². The number of hydrogen-bond acceptors (Lipinski definition) is 7. The molecule has 0 aliphatic heterocycles. The minimum atomic E-state index is 0.00461. The maximum atomic E-state index is 5.61. The molecule has 0 spiro atoms. The van der Waals surface area contributed by atoms with Gasteiger partial charge >= 0.3 is 6.01 Å². The van der Waals surface area contributed by atoms with Gasteiger partial charge in [0.2, 0.25) is 11.9 Å². The van der Waals surface area contributed by atoms with Gasteiger partial charge in [-0.25, -0.2) is 0 Å². The highest BCUT2D eigenvalue weighted by atomic mass is 16.5. The van der Waals surface area contributed by atoms with Gasteiger partial charge in [-0.3, -0.25) is 4.98 Å². The van der Waals surface area contributed by atoms with Crippen LogP contribution in [0.3, 0.4) is 0 Å². The monoisotopic (exact) mass is 260 g/mol. The number of ether oxygens (including phenoxy) is 1. The SMILES string of the molecule is CCOc1nc(N)nc(NC(C)c2cccnc2)n1. The van der Waals surface area contributed by atoms with Crippen molar-refractivity contribution in [1.29, 1.82) is 0 Å². The molecule has 0 fully saturated rings. The van der Waals surface area contributed by atoms with Crippen molar-refractivity contribution in [3.8, 4) is 6.01 Å². The first-order valence-corrected chi connectivity index (χ1v) is 6.00. The molecule has 0 saturated heterocycles. The number of anilines is 2. The van der Waals surface area contributed by atoms with Crippen LogP contribution in [0.5, 0.6) is 6.01 Å². The number of nitrogens with zero attached hydrogens (tertiary/aromatic N) is 4. The first-order chi connectivity index (χ1) is 9.19. The summed E-state index contributed by atoms with van der Waals surface area (Å²) < 4.78 is 5.22. The topological polar surface area (TPSA) is 98.8 Å². The molecule has 0 aliphatic carbocycles. The summed E-state index contributed by atoms with van der Waals surface area (Å²) in [7, 11) is 0. The smallest absolute Gasteiger partial charge is 0.323 e. The molecular formula is C12H16N6O. The molecule has 0 saturated carbocycles. The lowest BCUT2D eigenvalue weighted by Gasteiger charge is -2.14. The molecule has 2 aromatic heterocycles. The lowest BCUT2D eigenvalue weighted by atomic mass is 10.1. The van der Waals surface area contributed by atoms with Crippen LogP contribution in [-0.4, -0.2) is 26.5 Å². The Bertz CT molecular complexity index is 533. The van der Waals surface area contributed by atoms with E-state index in [4.69, 9.17) is 10.5 Å². The van der Waals surface area contributed by atoms with E-state index in [-0.39, 0.29) is 18.0 Å². The van der Waals surface area contributed by atoms with Crippen LogP contribution in [0.25, 0.3) is 0 Å². The van der Waals surface area contributed by atoms with Gasteiger partial charge in [0.25, 0.3) is 0 Å². The van der Waals surface area contributed by atoms with Crippen LogP contribution < -0.4 is 15.8 Å². The summed E-state index contributed by atoms with van der Waals surface area (Å²) in [4.78, 5) is 16.1. The van der Waals surface area contributed by atoms with Crippen LogP contribution in [0.4, 0.5) is 11.9 Å². The zero-order chi connectivity index (χ0) is 13.7. The predicted molar refractivity (Wildman–Crippen MR) is 71.7 cm³/mol. The molecule has 0 aliphatic rings. The van der Waals surface area contributed by atoms with Crippen LogP contribution in [-0.2, 0) is 0 Å². The molecule has 2 heterocycles. The number of rotatable bonds is 5. The van der Waals surface area contributed by atoms with Crippen LogP contribution in [0.1, 0.15) is 25.5 Å². The third-order valence-electron chi connectivity index (χ3n) is 2.44. The molecule has 0 bridgehead atoms. The average molecular weight is 260 g/mol. The number of nitrogens with two attached hydrogens (primary N) is 1. The van der Waals surface area contributed by atoms with Crippen molar-refractivity contribution in [3.05, 3.63) is 30.1 Å². The largest absolute Gasteiger partial charge is 0.464 e. The van der Waals surface area contributed by atoms with Crippen LogP contribution in [0.2, 0.25) is 0 Å². The summed E-state index contributed by atoms with van der Waals surface area (Å²) in [6.45, 7) is 4.31. The summed E-state index contributed by atoms with van der Waals surface area (Å²) >= 11 is 0. The highest BCUT2D eigenvalue weighted by Gasteiger charge is 2.10. The minimum Gasteiger partial charge on any atom is -0.464 e. The Morgan fingerprint density at radius 1 is 1.37 bits per heavy atom. The van der Waals surface area contributed by atoms with Crippen molar-refractivity contribution in [1.82, 2.24) is 19.9 Å². The molecule has 0 amide bonds. The lowest BCUT2D eigenvalue weighted by molar-refractivity contribution is 0.312. The summed E-state index contributed by atoms with van der Waals surface area (Å²) in [5, 5.41) is 3.14. The van der Waals surface area contributed by atoms with Crippen LogP contribution in [0.15, 0.2) is 24.5 Å². The number of nitrogen functional groups attached to an aromatic ring is 1. The van der Waals surface area contributed by atoms with Crippen molar-refractivity contribution >= 4 is 11.9 Å². The molecule has 1 atom stereocenters. The third-order valence-corrected chi connectivity index (χ3v) is 2.44. The van der Waals surface area contributed by atoms with Gasteiger partial charge in [-0.1, -0.05) is 6.07 Å². The zero-order valence-electron chi connectivity index (χ0n) is 10.9. The quantitative estimate of drug-likeness (QED) is 0.838. The molecule has 1 unspecified atom stereocenters. The zero-order valence-corrected chi connectivity index (χ0v) is 10.9. The maximum absolute atomic E-state index is 5.61. The molecule has 7 heteroatoms. The lowest BCUT2D eigenvalue weighted by Crippen LogP contribution is -2.12. The maximum Gasteiger partial charge on any atom is 0.323 e. The van der Waals surface area contributed by atoms with Crippen molar-refractivity contribution in [2.75, 3.05) is 17.7 Å². The molecule has 100 valence electrons. The van der Waals surface area contributed by atoms with Crippen molar-refractivity contribution in [3.63, 3.8) is 0 Å². The van der Waals surface area contributed by atoms with Gasteiger partial charge in [0.15, 0.2) is 0 Å². The molecule has 0 aromatic carbocycles. The fourth-order valence-electron chi connectivity index (χ4n) is 1.54. The van der Waals surface area contributed by atoms with E-state index >= 15 is 0 Å². The van der Waals surface area contributed by atoms with Gasteiger partial charge in [0, 0.05) is 12.4 Å². The standard InChI is InChI=1S/C12H16N6O/c1-3-19-12-17-10(13)16-11(18-12)15-8(2)9-5-4-6-14-7-9/h4-8H,3H2,1-2H3,(H3,13,15,16,17,18). The predicted octanol–water partition coefficient (Wildman–Crippen LogP) is 1.42. The fourth-order valence-corrected chi connectivity index (χ4v) is 1.54. The number of nitrogens with one attached hydrogen (secondary N) is 1. The Kier molecular flexibility index (Phi) is 4.07. The Labute approximate surface area is 111 Å². The van der Waals surface area contributed by atoms with Crippen LogP contribution in [0, 0.1) is 0 Å². The number of pyridine rings is 1. The molecule has 2 rings (SSSR count). The van der Waals surface area contributed by atoms with Gasteiger partial charge in [0.05, 0.1) is 12.6 Å². The minimum absolute atomic E-state index is 0.00461. The van der Waals surface area contributed by atoms with E-state index in [9.17, 15) is 0 Å². The Morgan fingerprint density at radius 2 is 2.21 bits per heavy atom. The summed E-state index contributed by atoms with van der Waals surface area (Å²) in [5.41, 5.74) is 6.64. The van der Waals surface area contributed by atoms with Crippen LogP contribution >= 0.6 is 0 Å². The Hall–Kier alpha value is -2.44. The van der Waals surface area contributed by atoms with Gasteiger partial charge in [-0.2, -0.15) is 15.0 Å². The molecular weight excluding hydrogens is 244 g/mol. The highest BCUT2D eigenvalue weighted by molar-refractivity contribution is 5.35. The van der Waals surface area contributed by atoms with Gasteiger partial charge in [0.1, 0.15) is 0 Å². The second-order valence-electron chi connectivity index (χ2n) is 3.89. The van der Waals surface area contributed by atoms with E-state index in [1.165, 1.54) is 0 Å². The molecule has 7 nitrogen and oxygen atoms in total. The highest BCUT2D eigenvalue weighted by Crippen LogP contribution is 2.17. The summed E-state index contributed by atoms with van der Waals surface area (Å²) in [6.07, 6.45) is 3.51. The van der Waals surface area contributed by atoms with Gasteiger partial charge in [-0.15, -0.1) is 0 Å². The molecule has 19 heavy (non-hydrogen) atoms. The van der Waals surface area contributed by atoms with Crippen molar-refractivity contribution in [2.24, 2.45) is 0 Å². The van der Waals surface area contributed by atoms with E-state index in [1.54, 1.807) is 12.4 Å². The number of hydrogen-bond donors (Lipinski definition) is 2. The average Bonchev–Trinajstić information content (AvgIpc) is 2.39. The first kappa shape index (κ1) is 13.0. The van der Waals surface area contributed by atoms with E-state index in [0.717, 1.165) is 5.56 Å². The summed E-state index contributed by atoms with van der Waals surface area (Å²) in [5.74, 6) is 0.506. The Balaban J connectivity index is 2.14. The van der Waals surface area contributed by atoms with E-state index in [2.05, 4.69) is 25.3 Å². The van der Waals surface area contributed by atoms with E-state index in [0.29, 0.717) is 12.6 Å². The molecule has 0 radical (unpaired) electrons. The number of aromatic nitrogens is 4. The Morgan fingerprint density at radius 3 is 2.89 bits per heavy atom. The molecule has 3 N–H and O–H groups in total. The van der Waals surface area contributed by atoms with Gasteiger partial charge in [-0.05, 0) is 25.5 Å². The van der Waals surface area contributed by atoms with Gasteiger partial charge < -0.3 is 15.8 Å². The third kappa shape index (κ3) is 3.51. The summed E-state index contributed by atoms with van der Waals surface area (Å²) in [6, 6.07) is 4.07. The molecule has 2 aromatic rings.